The van der Waals surface area contributed by atoms with E-state index in [1.807, 2.05) is 6.07 Å². The fourth-order valence-electron chi connectivity index (χ4n) is 2.47. The molecule has 3 rings (SSSR count). The molecule has 5 heteroatoms. The maximum absolute atomic E-state index is 5.80. The monoisotopic (exact) mass is 285 g/mol. The minimum atomic E-state index is 0.257. The molecule has 102 valence electrons. The predicted molar refractivity (Wildman–Crippen MR) is 81.1 cm³/mol. The van der Waals surface area contributed by atoms with Crippen LogP contribution in [0.5, 0.6) is 11.6 Å². The second-order valence-corrected chi connectivity index (χ2v) is 5.29. The van der Waals surface area contributed by atoms with Crippen LogP contribution >= 0.6 is 12.2 Å². The van der Waals surface area contributed by atoms with Gasteiger partial charge < -0.3 is 10.5 Å². The molecule has 1 aliphatic rings. The first-order chi connectivity index (χ1) is 9.74. The number of thiocarbonyl (C=S) groups is 1. The van der Waals surface area contributed by atoms with E-state index in [1.165, 1.54) is 24.0 Å². The molecule has 0 fully saturated rings. The van der Waals surface area contributed by atoms with Gasteiger partial charge in [0.05, 0.1) is 11.8 Å². The Labute approximate surface area is 123 Å². The van der Waals surface area contributed by atoms with Crippen LogP contribution in [0.1, 0.15) is 29.5 Å². The number of aryl methyl sites for hydroxylation is 2. The number of nitrogens with two attached hydrogens (primary N) is 1. The molecule has 1 heterocycles. The summed E-state index contributed by atoms with van der Waals surface area (Å²) in [5, 5.41) is 7.79. The van der Waals surface area contributed by atoms with Crippen LogP contribution in [-0.4, -0.2) is 15.2 Å². The van der Waals surface area contributed by atoms with Crippen molar-refractivity contribution >= 4 is 17.2 Å². The van der Waals surface area contributed by atoms with E-state index in [-0.39, 0.29) is 4.99 Å². The molecule has 20 heavy (non-hydrogen) atoms. The number of rotatable bonds is 3. The van der Waals surface area contributed by atoms with Crippen molar-refractivity contribution in [1.82, 2.24) is 10.2 Å². The first kappa shape index (κ1) is 13.0. The van der Waals surface area contributed by atoms with Crippen molar-refractivity contribution in [2.24, 2.45) is 5.73 Å². The summed E-state index contributed by atoms with van der Waals surface area (Å²) in [6.45, 7) is 0. The van der Waals surface area contributed by atoms with E-state index in [9.17, 15) is 0 Å². The average molecular weight is 285 g/mol. The third kappa shape index (κ3) is 2.63. The SMILES string of the molecule is NC(=S)c1ccnnc1Oc1ccc2c(c1)CCCC2. The number of hydrogen-bond acceptors (Lipinski definition) is 4. The molecule has 4 nitrogen and oxygen atoms in total. The fraction of sp³-hybridized carbons (Fsp3) is 0.267. The smallest absolute Gasteiger partial charge is 0.249 e. The van der Waals surface area contributed by atoms with Crippen LogP contribution in [0.25, 0.3) is 0 Å². The molecule has 2 N–H and O–H groups in total. The maximum atomic E-state index is 5.80. The lowest BCUT2D eigenvalue weighted by Crippen LogP contribution is -2.12. The van der Waals surface area contributed by atoms with E-state index in [4.69, 9.17) is 22.7 Å². The van der Waals surface area contributed by atoms with E-state index in [2.05, 4.69) is 22.3 Å². The van der Waals surface area contributed by atoms with Crippen LogP contribution in [0.2, 0.25) is 0 Å². The van der Waals surface area contributed by atoms with Gasteiger partial charge in [-0.1, -0.05) is 18.3 Å². The first-order valence-corrected chi connectivity index (χ1v) is 7.06. The maximum Gasteiger partial charge on any atom is 0.249 e. The summed E-state index contributed by atoms with van der Waals surface area (Å²) in [5.74, 6) is 1.11. The zero-order valence-corrected chi connectivity index (χ0v) is 11.8. The Morgan fingerprint density at radius 3 is 2.75 bits per heavy atom. The number of aromatic nitrogens is 2. The lowest BCUT2D eigenvalue weighted by atomic mass is 9.92. The zero-order chi connectivity index (χ0) is 13.9. The van der Waals surface area contributed by atoms with Gasteiger partial charge in [0, 0.05) is 0 Å². The summed E-state index contributed by atoms with van der Waals surface area (Å²) in [7, 11) is 0. The average Bonchev–Trinajstić information content (AvgIpc) is 2.47. The third-order valence-corrected chi connectivity index (χ3v) is 3.71. The largest absolute Gasteiger partial charge is 0.437 e. The Bertz CT molecular complexity index is 657. The normalized spacial score (nSPS) is 13.6. The number of nitrogens with zero attached hydrogens (tertiary/aromatic N) is 2. The van der Waals surface area contributed by atoms with E-state index in [1.54, 1.807) is 12.3 Å². The fourth-order valence-corrected chi connectivity index (χ4v) is 2.62. The van der Waals surface area contributed by atoms with E-state index < -0.39 is 0 Å². The Morgan fingerprint density at radius 1 is 1.15 bits per heavy atom. The van der Waals surface area contributed by atoms with Gasteiger partial charge in [0.1, 0.15) is 10.7 Å². The molecule has 0 radical (unpaired) electrons. The van der Waals surface area contributed by atoms with Gasteiger partial charge >= 0.3 is 0 Å². The topological polar surface area (TPSA) is 61.0 Å². The molecule has 0 aliphatic heterocycles. The lowest BCUT2D eigenvalue weighted by Gasteiger charge is -2.16. The van der Waals surface area contributed by atoms with Gasteiger partial charge in [-0.2, -0.15) is 5.10 Å². The molecule has 0 amide bonds. The zero-order valence-electron chi connectivity index (χ0n) is 11.0. The molecule has 0 bridgehead atoms. The summed E-state index contributed by atoms with van der Waals surface area (Å²) in [6.07, 6.45) is 6.31. The second kappa shape index (κ2) is 5.54. The number of hydrogen-bond donors (Lipinski definition) is 1. The van der Waals surface area contributed by atoms with Gasteiger partial charge in [0.25, 0.3) is 0 Å². The van der Waals surface area contributed by atoms with Crippen LogP contribution in [0.15, 0.2) is 30.5 Å². The molecule has 0 saturated heterocycles. The van der Waals surface area contributed by atoms with Crippen molar-refractivity contribution < 1.29 is 4.74 Å². The van der Waals surface area contributed by atoms with Gasteiger partial charge in [-0.05, 0) is 55.0 Å². The van der Waals surface area contributed by atoms with Crippen LogP contribution in [0.3, 0.4) is 0 Å². The molecule has 1 aromatic heterocycles. The Morgan fingerprint density at radius 2 is 1.95 bits per heavy atom. The highest BCUT2D eigenvalue weighted by Crippen LogP contribution is 2.28. The van der Waals surface area contributed by atoms with Crippen LogP contribution < -0.4 is 10.5 Å². The molecular formula is C15H15N3OS. The van der Waals surface area contributed by atoms with Gasteiger partial charge in [0.15, 0.2) is 0 Å². The highest BCUT2D eigenvalue weighted by Gasteiger charge is 2.13. The van der Waals surface area contributed by atoms with Gasteiger partial charge in [0.2, 0.25) is 5.88 Å². The van der Waals surface area contributed by atoms with Gasteiger partial charge in [-0.25, -0.2) is 0 Å². The summed E-state index contributed by atoms with van der Waals surface area (Å²) in [6, 6.07) is 7.87. The minimum absolute atomic E-state index is 0.257. The molecule has 1 aromatic carbocycles. The van der Waals surface area contributed by atoms with Crippen molar-refractivity contribution in [3.8, 4) is 11.6 Å². The summed E-state index contributed by atoms with van der Waals surface area (Å²) >= 11 is 4.99. The molecule has 0 unspecified atom stereocenters. The van der Waals surface area contributed by atoms with E-state index >= 15 is 0 Å². The lowest BCUT2D eigenvalue weighted by molar-refractivity contribution is 0.452. The molecule has 2 aromatic rings. The quantitative estimate of drug-likeness (QED) is 0.879. The second-order valence-electron chi connectivity index (χ2n) is 4.85. The standard InChI is InChI=1S/C15H15N3OS/c16-14(20)13-7-8-17-18-15(13)19-12-6-5-10-3-1-2-4-11(10)9-12/h5-9H,1-4H2,(H2,16,20). The van der Waals surface area contributed by atoms with Crippen LogP contribution in [0, 0.1) is 0 Å². The van der Waals surface area contributed by atoms with E-state index in [0.29, 0.717) is 11.4 Å². The van der Waals surface area contributed by atoms with Crippen LogP contribution in [-0.2, 0) is 12.8 Å². The van der Waals surface area contributed by atoms with Gasteiger partial charge in [-0.15, -0.1) is 5.10 Å². The minimum Gasteiger partial charge on any atom is -0.437 e. The molecule has 0 atom stereocenters. The predicted octanol–water partition coefficient (Wildman–Crippen LogP) is 2.78. The van der Waals surface area contributed by atoms with E-state index in [0.717, 1.165) is 18.6 Å². The highest BCUT2D eigenvalue weighted by atomic mass is 32.1. The number of fused-ring (bicyclic) bond motifs is 1. The number of benzene rings is 1. The highest BCUT2D eigenvalue weighted by molar-refractivity contribution is 7.80. The molecule has 1 aliphatic carbocycles. The summed E-state index contributed by atoms with van der Waals surface area (Å²) < 4.78 is 5.80. The van der Waals surface area contributed by atoms with Crippen molar-refractivity contribution in [3.05, 3.63) is 47.2 Å². The molecule has 0 saturated carbocycles. The van der Waals surface area contributed by atoms with Crippen LogP contribution in [0.4, 0.5) is 0 Å². The van der Waals surface area contributed by atoms with Crippen molar-refractivity contribution in [2.45, 2.75) is 25.7 Å². The van der Waals surface area contributed by atoms with Crippen molar-refractivity contribution in [2.75, 3.05) is 0 Å². The summed E-state index contributed by atoms with van der Waals surface area (Å²) in [4.78, 5) is 0.257. The van der Waals surface area contributed by atoms with Crippen molar-refractivity contribution in [1.29, 1.82) is 0 Å². The first-order valence-electron chi connectivity index (χ1n) is 6.65. The van der Waals surface area contributed by atoms with Crippen molar-refractivity contribution in [3.63, 3.8) is 0 Å². The third-order valence-electron chi connectivity index (χ3n) is 3.49. The molecular weight excluding hydrogens is 270 g/mol. The Balaban J connectivity index is 1.90. The molecule has 0 spiro atoms. The Hall–Kier alpha value is -2.01. The number of ether oxygens (including phenoxy) is 1. The summed E-state index contributed by atoms with van der Waals surface area (Å²) in [5.41, 5.74) is 9.04. The van der Waals surface area contributed by atoms with Gasteiger partial charge in [-0.3, -0.25) is 0 Å². The Kier molecular flexibility index (Phi) is 3.60.